The molecule has 0 heterocycles. The molecule has 0 atom stereocenters. The van der Waals surface area contributed by atoms with Gasteiger partial charge in [0.2, 0.25) is 0 Å². The van der Waals surface area contributed by atoms with Crippen LogP contribution in [0.2, 0.25) is 0 Å². The maximum absolute atomic E-state index is 6.94. The van der Waals surface area contributed by atoms with Gasteiger partial charge in [-0.05, 0) is 71.1 Å². The average Bonchev–Trinajstić information content (AvgIpc) is 2.97. The van der Waals surface area contributed by atoms with E-state index in [2.05, 4.69) is 126 Å². The molecule has 0 N–H and O–H groups in total. The number of hydrogen-bond donors (Lipinski definition) is 0. The van der Waals surface area contributed by atoms with Crippen molar-refractivity contribution >= 4 is 8.60 Å². The second kappa shape index (κ2) is 13.4. The molecule has 0 spiro atoms. The number of hydrogen-bond acceptors (Lipinski definition) is 3. The van der Waals surface area contributed by atoms with Gasteiger partial charge in [0, 0.05) is 16.7 Å². The Morgan fingerprint density at radius 2 is 0.762 bits per heavy atom. The van der Waals surface area contributed by atoms with E-state index in [9.17, 15) is 0 Å². The molecular formula is C38H55O3P. The summed E-state index contributed by atoms with van der Waals surface area (Å²) in [7, 11) is -1.85. The van der Waals surface area contributed by atoms with Gasteiger partial charge in [0.15, 0.2) is 0 Å². The van der Waals surface area contributed by atoms with E-state index >= 15 is 0 Å². The lowest BCUT2D eigenvalue weighted by molar-refractivity contribution is 0.363. The summed E-state index contributed by atoms with van der Waals surface area (Å²) < 4.78 is 20.6. The third-order valence-electron chi connectivity index (χ3n) is 9.72. The minimum atomic E-state index is -1.85. The minimum Gasteiger partial charge on any atom is -0.408 e. The summed E-state index contributed by atoms with van der Waals surface area (Å²) in [6.07, 6.45) is 4.00. The van der Waals surface area contributed by atoms with Crippen LogP contribution < -0.4 is 13.6 Å². The molecule has 42 heavy (non-hydrogen) atoms. The van der Waals surface area contributed by atoms with E-state index in [0.717, 1.165) is 54.1 Å². The third-order valence-corrected chi connectivity index (χ3v) is 10.8. The average molecular weight is 591 g/mol. The van der Waals surface area contributed by atoms with Crippen LogP contribution in [0.5, 0.6) is 17.2 Å². The smallest absolute Gasteiger partial charge is 0.408 e. The fraction of sp³-hybridized carbons (Fsp3) is 0.526. The van der Waals surface area contributed by atoms with Crippen LogP contribution in [0, 0.1) is 0 Å². The zero-order valence-electron chi connectivity index (χ0n) is 28.4. The second-order valence-corrected chi connectivity index (χ2v) is 15.1. The first-order chi connectivity index (χ1) is 19.6. The van der Waals surface area contributed by atoms with Crippen molar-refractivity contribution in [2.45, 2.75) is 130 Å². The number of para-hydroxylation sites is 2. The highest BCUT2D eigenvalue weighted by atomic mass is 31.2. The van der Waals surface area contributed by atoms with Gasteiger partial charge in [-0.1, -0.05) is 132 Å². The van der Waals surface area contributed by atoms with Crippen molar-refractivity contribution in [1.29, 1.82) is 0 Å². The molecule has 3 aromatic rings. The van der Waals surface area contributed by atoms with Crippen LogP contribution in [0.15, 0.2) is 66.7 Å². The predicted octanol–water partition coefficient (Wildman–Crippen LogP) is 12.2. The highest BCUT2D eigenvalue weighted by Gasteiger charge is 2.35. The molecule has 0 fully saturated rings. The van der Waals surface area contributed by atoms with Crippen molar-refractivity contribution in [3.8, 4) is 17.2 Å². The molecule has 3 rings (SSSR count). The number of benzene rings is 3. The van der Waals surface area contributed by atoms with Gasteiger partial charge in [-0.25, -0.2) is 0 Å². The Hall–Kier alpha value is -2.51. The molecule has 0 bridgehead atoms. The van der Waals surface area contributed by atoms with E-state index in [0.29, 0.717) is 0 Å². The van der Waals surface area contributed by atoms with Crippen LogP contribution in [0.25, 0.3) is 0 Å². The summed E-state index contributed by atoms with van der Waals surface area (Å²) in [5.41, 5.74) is 4.67. The molecular weight excluding hydrogens is 535 g/mol. The summed E-state index contributed by atoms with van der Waals surface area (Å²) in [6.45, 7) is 27.3. The van der Waals surface area contributed by atoms with Gasteiger partial charge in [-0.15, -0.1) is 0 Å². The fourth-order valence-electron chi connectivity index (χ4n) is 5.12. The van der Waals surface area contributed by atoms with Crippen LogP contribution >= 0.6 is 8.60 Å². The maximum Gasteiger partial charge on any atom is 0.530 e. The van der Waals surface area contributed by atoms with Crippen LogP contribution in [-0.2, 0) is 21.7 Å². The molecule has 0 aliphatic rings. The topological polar surface area (TPSA) is 27.7 Å². The maximum atomic E-state index is 6.94. The second-order valence-electron chi connectivity index (χ2n) is 14.1. The normalized spacial score (nSPS) is 12.9. The molecule has 4 heteroatoms. The molecule has 0 saturated carbocycles. The summed E-state index contributed by atoms with van der Waals surface area (Å²) in [5, 5.41) is 0. The standard InChI is InChI=1S/C38H55O3P/c1-13-35(5,6)28-22-17-19-25-31(28)39-42(40-32-26-20-18-23-29(32)36(7,8)14-2)41-33-27-21-24-30(37(9,10)15-3)34(33)38(11,12)16-4/h17-27H,13-16H2,1-12H3. The van der Waals surface area contributed by atoms with E-state index in [1.165, 1.54) is 11.1 Å². The van der Waals surface area contributed by atoms with Gasteiger partial charge >= 0.3 is 8.60 Å². The molecule has 0 amide bonds. The summed E-state index contributed by atoms with van der Waals surface area (Å²) >= 11 is 0. The van der Waals surface area contributed by atoms with Crippen molar-refractivity contribution in [3.63, 3.8) is 0 Å². The zero-order valence-corrected chi connectivity index (χ0v) is 29.2. The molecule has 0 aliphatic heterocycles. The SMILES string of the molecule is CCC(C)(C)c1ccccc1OP(Oc1ccccc1C(C)(C)CC)Oc1cccc(C(C)(C)CC)c1C(C)(C)CC. The van der Waals surface area contributed by atoms with Crippen molar-refractivity contribution in [3.05, 3.63) is 89.0 Å². The lowest BCUT2D eigenvalue weighted by Crippen LogP contribution is -2.26. The summed E-state index contributed by atoms with van der Waals surface area (Å²) in [4.78, 5) is 0. The van der Waals surface area contributed by atoms with E-state index in [1.54, 1.807) is 0 Å². The lowest BCUT2D eigenvalue weighted by atomic mass is 9.71. The molecule has 3 aromatic carbocycles. The Morgan fingerprint density at radius 1 is 0.429 bits per heavy atom. The third kappa shape index (κ3) is 7.52. The Morgan fingerprint density at radius 3 is 1.19 bits per heavy atom. The zero-order chi connectivity index (χ0) is 31.3. The van der Waals surface area contributed by atoms with Crippen LogP contribution in [0.1, 0.15) is 131 Å². The number of rotatable bonds is 14. The van der Waals surface area contributed by atoms with Crippen LogP contribution in [-0.4, -0.2) is 0 Å². The Kier molecular flexibility index (Phi) is 10.9. The van der Waals surface area contributed by atoms with Crippen LogP contribution in [0.4, 0.5) is 0 Å². The first-order valence-electron chi connectivity index (χ1n) is 15.8. The quantitative estimate of drug-likeness (QED) is 0.175. The molecule has 0 aliphatic carbocycles. The molecule has 0 unspecified atom stereocenters. The van der Waals surface area contributed by atoms with Gasteiger partial charge in [0.05, 0.1) is 0 Å². The minimum absolute atomic E-state index is 0.00110. The Labute approximate surface area is 258 Å². The van der Waals surface area contributed by atoms with Gasteiger partial charge in [0.1, 0.15) is 17.2 Å². The van der Waals surface area contributed by atoms with E-state index in [1.807, 2.05) is 24.3 Å². The highest BCUT2D eigenvalue weighted by Crippen LogP contribution is 2.51. The van der Waals surface area contributed by atoms with Crippen molar-refractivity contribution in [1.82, 2.24) is 0 Å². The van der Waals surface area contributed by atoms with Crippen molar-refractivity contribution in [2.75, 3.05) is 0 Å². The van der Waals surface area contributed by atoms with Crippen LogP contribution in [0.3, 0.4) is 0 Å². The first-order valence-corrected chi connectivity index (χ1v) is 16.9. The molecule has 230 valence electrons. The Bertz CT molecular complexity index is 1260. The monoisotopic (exact) mass is 590 g/mol. The van der Waals surface area contributed by atoms with Gasteiger partial charge < -0.3 is 13.6 Å². The summed E-state index contributed by atoms with van der Waals surface area (Å²) in [5.74, 6) is 2.46. The molecule has 0 aromatic heterocycles. The highest BCUT2D eigenvalue weighted by molar-refractivity contribution is 7.43. The molecule has 0 radical (unpaired) electrons. The molecule has 0 saturated heterocycles. The molecule has 3 nitrogen and oxygen atoms in total. The lowest BCUT2D eigenvalue weighted by Gasteiger charge is -2.35. The van der Waals surface area contributed by atoms with E-state index in [4.69, 9.17) is 13.6 Å². The van der Waals surface area contributed by atoms with Crippen molar-refractivity contribution in [2.24, 2.45) is 0 Å². The van der Waals surface area contributed by atoms with Gasteiger partial charge in [0.25, 0.3) is 0 Å². The van der Waals surface area contributed by atoms with E-state index in [-0.39, 0.29) is 21.7 Å². The van der Waals surface area contributed by atoms with Crippen molar-refractivity contribution < 1.29 is 13.6 Å². The predicted molar refractivity (Wildman–Crippen MR) is 181 cm³/mol. The first kappa shape index (κ1) is 34.0. The largest absolute Gasteiger partial charge is 0.530 e. The Balaban J connectivity index is 2.21. The fourth-order valence-corrected chi connectivity index (χ4v) is 6.19. The van der Waals surface area contributed by atoms with Gasteiger partial charge in [-0.2, -0.15) is 0 Å². The summed E-state index contributed by atoms with van der Waals surface area (Å²) in [6, 6.07) is 23.1. The van der Waals surface area contributed by atoms with Gasteiger partial charge in [-0.3, -0.25) is 0 Å². The van der Waals surface area contributed by atoms with E-state index < -0.39 is 8.60 Å².